The lowest BCUT2D eigenvalue weighted by molar-refractivity contribution is -0.161. The largest absolute Gasteiger partial charge is 0.472 e. The van der Waals surface area contributed by atoms with Gasteiger partial charge in [-0.15, -0.1) is 0 Å². The summed E-state index contributed by atoms with van der Waals surface area (Å²) in [5.74, 6) is -1.32. The minimum Gasteiger partial charge on any atom is -0.462 e. The number of aliphatic hydroxyl groups is 1. The fourth-order valence-electron chi connectivity index (χ4n) is 13.5. The SMILES string of the molecule is CCCCCCCCCCCCCCCCCCCCCCCC(=O)O[C@H](COC(=O)CCCCCCCCCCCCCCCCCCCCC)COP(=O)(O)OC[C@@H](O)COP(=O)(O)OC[C@@H](COC(=O)CCCCCCCCCCCC)OC(=O)CCCCCCCCCCCCCCC(C)C. The van der Waals surface area contributed by atoms with E-state index in [4.69, 9.17) is 37.0 Å². The highest BCUT2D eigenvalue weighted by molar-refractivity contribution is 7.47. The molecule has 0 aliphatic rings. The van der Waals surface area contributed by atoms with Gasteiger partial charge in [0.25, 0.3) is 0 Å². The van der Waals surface area contributed by atoms with Crippen LogP contribution in [0.25, 0.3) is 0 Å². The maximum absolute atomic E-state index is 13.1. The molecule has 5 atom stereocenters. The summed E-state index contributed by atoms with van der Waals surface area (Å²) >= 11 is 0. The molecule has 0 heterocycles. The van der Waals surface area contributed by atoms with Crippen molar-refractivity contribution < 1.29 is 80.2 Å². The van der Waals surface area contributed by atoms with Gasteiger partial charge in [0.15, 0.2) is 12.2 Å². The highest BCUT2D eigenvalue weighted by Crippen LogP contribution is 2.45. The summed E-state index contributed by atoms with van der Waals surface area (Å²) in [4.78, 5) is 73.2. The van der Waals surface area contributed by atoms with E-state index in [2.05, 4.69) is 34.6 Å². The summed E-state index contributed by atoms with van der Waals surface area (Å²) in [6, 6.07) is 0. The molecule has 0 aliphatic carbocycles. The Hall–Kier alpha value is -1.94. The fourth-order valence-corrected chi connectivity index (χ4v) is 15.1. The Morgan fingerprint density at radius 1 is 0.257 bits per heavy atom. The van der Waals surface area contributed by atoms with Crippen molar-refractivity contribution in [2.24, 2.45) is 5.92 Å². The van der Waals surface area contributed by atoms with E-state index in [1.807, 2.05) is 0 Å². The molecule has 0 spiro atoms. The van der Waals surface area contributed by atoms with E-state index >= 15 is 0 Å². The molecule has 0 amide bonds. The second kappa shape index (κ2) is 78.7. The van der Waals surface area contributed by atoms with Crippen molar-refractivity contribution in [3.05, 3.63) is 0 Å². The first-order valence-electron chi connectivity index (χ1n) is 44.6. The minimum absolute atomic E-state index is 0.108. The van der Waals surface area contributed by atoms with E-state index in [0.29, 0.717) is 25.7 Å². The molecule has 0 saturated carbocycles. The second-order valence-corrected chi connectivity index (χ2v) is 34.3. The van der Waals surface area contributed by atoms with E-state index in [-0.39, 0.29) is 25.7 Å². The third kappa shape index (κ3) is 79.9. The lowest BCUT2D eigenvalue weighted by Crippen LogP contribution is -2.30. The van der Waals surface area contributed by atoms with Crippen molar-refractivity contribution in [1.82, 2.24) is 0 Å². The van der Waals surface area contributed by atoms with Gasteiger partial charge in [-0.3, -0.25) is 37.3 Å². The molecule has 0 bridgehead atoms. The summed E-state index contributed by atoms with van der Waals surface area (Å²) in [6.45, 7) is 7.36. The van der Waals surface area contributed by atoms with Crippen LogP contribution in [0.15, 0.2) is 0 Å². The molecule has 0 aromatic rings. The summed E-state index contributed by atoms with van der Waals surface area (Å²) in [7, 11) is -9.92. The second-order valence-electron chi connectivity index (χ2n) is 31.4. The molecule has 0 aromatic heterocycles. The predicted molar refractivity (Wildman–Crippen MR) is 432 cm³/mol. The standard InChI is InChI=1S/C86H168O17P2/c1-6-9-12-15-18-21-24-26-28-30-32-33-35-37-39-41-46-51-56-61-66-71-85(90)103-82(76-97-84(89)70-65-60-55-50-45-40-38-36-34-31-29-27-25-22-19-16-13-10-7-2)78-101-105(94,95)99-74-80(87)73-98-104(92,93)100-77-81(75-96-83(88)69-64-59-54-49-23-20-17-14-11-8-3)102-86(91)72-67-62-57-52-47-43-42-44-48-53-58-63-68-79(4)5/h79-82,87H,6-78H2,1-5H3,(H,92,93)(H,94,95)/t80-,81+,82+/m0/s1. The van der Waals surface area contributed by atoms with Crippen LogP contribution in [-0.2, 0) is 65.4 Å². The average molecular weight is 1540 g/mol. The van der Waals surface area contributed by atoms with Crippen molar-refractivity contribution in [3.8, 4) is 0 Å². The van der Waals surface area contributed by atoms with Crippen LogP contribution in [0.1, 0.15) is 465 Å². The molecular formula is C86H168O17P2. The van der Waals surface area contributed by atoms with Crippen molar-refractivity contribution >= 4 is 39.5 Å². The van der Waals surface area contributed by atoms with Crippen LogP contribution in [0.5, 0.6) is 0 Å². The normalized spacial score (nSPS) is 13.8. The Morgan fingerprint density at radius 3 is 0.648 bits per heavy atom. The molecule has 3 N–H and O–H groups in total. The third-order valence-corrected chi connectivity index (χ3v) is 22.2. The molecule has 17 nitrogen and oxygen atoms in total. The third-order valence-electron chi connectivity index (χ3n) is 20.3. The van der Waals surface area contributed by atoms with Gasteiger partial charge < -0.3 is 33.8 Å². The number of aliphatic hydroxyl groups excluding tert-OH is 1. The number of phosphoric acid groups is 2. The number of carbonyl (C=O) groups is 4. The van der Waals surface area contributed by atoms with E-state index in [0.717, 1.165) is 95.8 Å². The topological polar surface area (TPSA) is 237 Å². The monoisotopic (exact) mass is 1540 g/mol. The van der Waals surface area contributed by atoms with Gasteiger partial charge >= 0.3 is 39.5 Å². The van der Waals surface area contributed by atoms with Crippen LogP contribution in [0.4, 0.5) is 0 Å². The Kier molecular flexibility index (Phi) is 77.3. The Bertz CT molecular complexity index is 2000. The van der Waals surface area contributed by atoms with Crippen molar-refractivity contribution in [1.29, 1.82) is 0 Å². The number of esters is 4. The molecular weight excluding hydrogens is 1370 g/mol. The quantitative estimate of drug-likeness (QED) is 0.0222. The van der Waals surface area contributed by atoms with Crippen LogP contribution >= 0.6 is 15.6 Å². The van der Waals surface area contributed by atoms with Gasteiger partial charge in [0.2, 0.25) is 0 Å². The van der Waals surface area contributed by atoms with E-state index in [1.165, 1.54) is 289 Å². The zero-order valence-electron chi connectivity index (χ0n) is 68.9. The lowest BCUT2D eigenvalue weighted by Gasteiger charge is -2.21. The van der Waals surface area contributed by atoms with Crippen molar-refractivity contribution in [2.45, 2.75) is 483 Å². The maximum atomic E-state index is 13.1. The van der Waals surface area contributed by atoms with Crippen molar-refractivity contribution in [3.63, 3.8) is 0 Å². The highest BCUT2D eigenvalue weighted by atomic mass is 31.2. The number of rotatable bonds is 86. The van der Waals surface area contributed by atoms with Gasteiger partial charge in [0.05, 0.1) is 26.4 Å². The van der Waals surface area contributed by atoms with Crippen LogP contribution in [0.2, 0.25) is 0 Å². The van der Waals surface area contributed by atoms with Gasteiger partial charge in [0, 0.05) is 25.7 Å². The first-order chi connectivity index (χ1) is 51.0. The lowest BCUT2D eigenvalue weighted by atomic mass is 10.0. The zero-order chi connectivity index (χ0) is 76.9. The number of ether oxygens (including phenoxy) is 4. The molecule has 19 heteroatoms. The number of hydrogen-bond donors (Lipinski definition) is 3. The number of carbonyl (C=O) groups excluding carboxylic acids is 4. The summed E-state index contributed by atoms with van der Waals surface area (Å²) in [5, 5.41) is 10.7. The maximum Gasteiger partial charge on any atom is 0.472 e. The molecule has 0 rings (SSSR count). The number of unbranched alkanes of at least 4 members (excludes halogenated alkanes) is 58. The highest BCUT2D eigenvalue weighted by Gasteiger charge is 2.30. The summed E-state index contributed by atoms with van der Waals surface area (Å²) in [6.07, 6.45) is 72.3. The first kappa shape index (κ1) is 103. The molecule has 0 fully saturated rings. The molecule has 105 heavy (non-hydrogen) atoms. The van der Waals surface area contributed by atoms with Crippen LogP contribution in [-0.4, -0.2) is 96.7 Å². The predicted octanol–water partition coefficient (Wildman–Crippen LogP) is 26.4. The van der Waals surface area contributed by atoms with Crippen molar-refractivity contribution in [2.75, 3.05) is 39.6 Å². The van der Waals surface area contributed by atoms with Gasteiger partial charge in [-0.1, -0.05) is 413 Å². The molecule has 2 unspecified atom stereocenters. The van der Waals surface area contributed by atoms with Gasteiger partial charge in [-0.05, 0) is 31.6 Å². The molecule has 0 saturated heterocycles. The summed E-state index contributed by atoms with van der Waals surface area (Å²) in [5.41, 5.74) is 0. The van der Waals surface area contributed by atoms with Crippen LogP contribution in [0, 0.1) is 5.92 Å². The average Bonchev–Trinajstić information content (AvgIpc) is 0.919. The molecule has 0 aromatic carbocycles. The van der Waals surface area contributed by atoms with Crippen LogP contribution < -0.4 is 0 Å². The van der Waals surface area contributed by atoms with Gasteiger partial charge in [0.1, 0.15) is 19.3 Å². The fraction of sp³-hybridized carbons (Fsp3) is 0.953. The number of phosphoric ester groups is 2. The Balaban J connectivity index is 5.22. The van der Waals surface area contributed by atoms with E-state index in [9.17, 15) is 43.2 Å². The Labute approximate surface area is 645 Å². The Morgan fingerprint density at radius 2 is 0.438 bits per heavy atom. The molecule has 0 radical (unpaired) electrons. The van der Waals surface area contributed by atoms with Crippen LogP contribution in [0.3, 0.4) is 0 Å². The smallest absolute Gasteiger partial charge is 0.462 e. The van der Waals surface area contributed by atoms with Gasteiger partial charge in [-0.2, -0.15) is 0 Å². The zero-order valence-corrected chi connectivity index (χ0v) is 70.7. The van der Waals surface area contributed by atoms with E-state index in [1.54, 1.807) is 0 Å². The van der Waals surface area contributed by atoms with Gasteiger partial charge in [-0.25, -0.2) is 9.13 Å². The number of hydrogen-bond acceptors (Lipinski definition) is 15. The minimum atomic E-state index is -4.97. The molecule has 0 aliphatic heterocycles. The van der Waals surface area contributed by atoms with E-state index < -0.39 is 97.5 Å². The molecule has 624 valence electrons. The summed E-state index contributed by atoms with van der Waals surface area (Å²) < 4.78 is 68.9. The first-order valence-corrected chi connectivity index (χ1v) is 47.6.